The van der Waals surface area contributed by atoms with E-state index in [9.17, 15) is 4.39 Å². The minimum Gasteiger partial charge on any atom is -0.322 e. The number of fused-ring (bicyclic) bond motifs is 1. The Labute approximate surface area is 150 Å². The maximum Gasteiger partial charge on any atom is 0.213 e. The first-order chi connectivity index (χ1) is 12.7. The van der Waals surface area contributed by atoms with Gasteiger partial charge in [-0.25, -0.2) is 19.9 Å². The number of imidazole rings is 2. The molecule has 4 aromatic heterocycles. The van der Waals surface area contributed by atoms with Gasteiger partial charge in [-0.15, -0.1) is 0 Å². The molecular formula is C19H19FN6. The van der Waals surface area contributed by atoms with Gasteiger partial charge in [0.25, 0.3) is 0 Å². The van der Waals surface area contributed by atoms with Crippen LogP contribution in [0.25, 0.3) is 22.7 Å². The van der Waals surface area contributed by atoms with Crippen molar-refractivity contribution in [2.45, 2.75) is 33.4 Å². The van der Waals surface area contributed by atoms with E-state index >= 15 is 0 Å². The Kier molecular flexibility index (Phi) is 4.20. The normalized spacial score (nSPS) is 11.3. The number of aromatic nitrogens is 6. The number of nitrogens with zero attached hydrogens (tertiary/aromatic N) is 6. The number of hydrogen-bond acceptors (Lipinski definition) is 4. The molecule has 0 bridgehead atoms. The third kappa shape index (κ3) is 2.96. The smallest absolute Gasteiger partial charge is 0.213 e. The van der Waals surface area contributed by atoms with Crippen LogP contribution in [0, 0.1) is 12.9 Å². The number of rotatable bonds is 5. The molecule has 0 aliphatic carbocycles. The molecule has 0 fully saturated rings. The average Bonchev–Trinajstić information content (AvgIpc) is 3.21. The van der Waals surface area contributed by atoms with Crippen LogP contribution in [0.1, 0.15) is 24.9 Å². The second kappa shape index (κ2) is 6.67. The van der Waals surface area contributed by atoms with Gasteiger partial charge >= 0.3 is 0 Å². The number of aryl methyl sites for hydroxylation is 2. The standard InChI is InChI=1S/C19H19FN6/c1-3-10-26-17(24-15-8-7-13(2)22-19(15)26)12-25-11-9-21-18(25)14-5-4-6-16(20)23-14/h4-9,11H,3,10,12H2,1-2H3. The number of halogens is 1. The van der Waals surface area contributed by atoms with E-state index in [0.717, 1.165) is 35.6 Å². The summed E-state index contributed by atoms with van der Waals surface area (Å²) < 4.78 is 17.6. The van der Waals surface area contributed by atoms with E-state index in [2.05, 4.69) is 26.4 Å². The summed E-state index contributed by atoms with van der Waals surface area (Å²) in [4.78, 5) is 17.7. The predicted octanol–water partition coefficient (Wildman–Crippen LogP) is 3.60. The van der Waals surface area contributed by atoms with Crippen molar-refractivity contribution in [3.63, 3.8) is 0 Å². The summed E-state index contributed by atoms with van der Waals surface area (Å²) in [6, 6.07) is 8.67. The van der Waals surface area contributed by atoms with Crippen molar-refractivity contribution in [2.24, 2.45) is 0 Å². The van der Waals surface area contributed by atoms with Crippen molar-refractivity contribution in [3.8, 4) is 11.5 Å². The van der Waals surface area contributed by atoms with Crippen molar-refractivity contribution in [1.29, 1.82) is 0 Å². The molecule has 0 atom stereocenters. The van der Waals surface area contributed by atoms with E-state index in [1.54, 1.807) is 18.3 Å². The molecule has 4 rings (SSSR count). The highest BCUT2D eigenvalue weighted by Crippen LogP contribution is 2.20. The minimum atomic E-state index is -0.519. The molecule has 0 saturated carbocycles. The van der Waals surface area contributed by atoms with Crippen molar-refractivity contribution in [3.05, 3.63) is 60.2 Å². The molecule has 0 radical (unpaired) electrons. The molecular weight excluding hydrogens is 331 g/mol. The highest BCUT2D eigenvalue weighted by molar-refractivity contribution is 5.71. The zero-order chi connectivity index (χ0) is 18.1. The molecule has 0 amide bonds. The third-order valence-corrected chi connectivity index (χ3v) is 4.23. The minimum absolute atomic E-state index is 0.502. The third-order valence-electron chi connectivity index (χ3n) is 4.23. The molecule has 4 aromatic rings. The predicted molar refractivity (Wildman–Crippen MR) is 97.1 cm³/mol. The van der Waals surface area contributed by atoms with Crippen LogP contribution < -0.4 is 0 Å². The van der Waals surface area contributed by atoms with E-state index in [0.29, 0.717) is 18.1 Å². The van der Waals surface area contributed by atoms with Gasteiger partial charge in [-0.1, -0.05) is 13.0 Å². The summed E-state index contributed by atoms with van der Waals surface area (Å²) in [5, 5.41) is 0. The summed E-state index contributed by atoms with van der Waals surface area (Å²) >= 11 is 0. The lowest BCUT2D eigenvalue weighted by molar-refractivity contribution is 0.583. The van der Waals surface area contributed by atoms with Crippen LogP contribution in [0.2, 0.25) is 0 Å². The lowest BCUT2D eigenvalue weighted by Gasteiger charge is -2.10. The summed E-state index contributed by atoms with van der Waals surface area (Å²) in [7, 11) is 0. The molecule has 132 valence electrons. The van der Waals surface area contributed by atoms with E-state index in [-0.39, 0.29) is 0 Å². The maximum atomic E-state index is 13.5. The van der Waals surface area contributed by atoms with Gasteiger partial charge in [-0.2, -0.15) is 4.39 Å². The van der Waals surface area contributed by atoms with Crippen molar-refractivity contribution < 1.29 is 4.39 Å². The van der Waals surface area contributed by atoms with Crippen LogP contribution in [0.3, 0.4) is 0 Å². The Bertz CT molecular complexity index is 1070. The average molecular weight is 350 g/mol. The summed E-state index contributed by atoms with van der Waals surface area (Å²) in [5.74, 6) is 0.995. The zero-order valence-corrected chi connectivity index (χ0v) is 14.7. The van der Waals surface area contributed by atoms with Gasteiger partial charge in [-0.05, 0) is 37.6 Å². The molecule has 0 N–H and O–H groups in total. The van der Waals surface area contributed by atoms with E-state index < -0.39 is 5.95 Å². The summed E-state index contributed by atoms with van der Waals surface area (Å²) in [6.45, 7) is 5.46. The molecule has 0 unspecified atom stereocenters. The molecule has 0 aromatic carbocycles. The van der Waals surface area contributed by atoms with Crippen LogP contribution in [0.5, 0.6) is 0 Å². The maximum absolute atomic E-state index is 13.5. The van der Waals surface area contributed by atoms with Crippen LogP contribution in [-0.2, 0) is 13.1 Å². The Morgan fingerprint density at radius 3 is 2.77 bits per heavy atom. The van der Waals surface area contributed by atoms with Crippen molar-refractivity contribution in [2.75, 3.05) is 0 Å². The lowest BCUT2D eigenvalue weighted by atomic mass is 10.3. The highest BCUT2D eigenvalue weighted by Gasteiger charge is 2.15. The topological polar surface area (TPSA) is 61.4 Å². The molecule has 0 aliphatic rings. The van der Waals surface area contributed by atoms with Crippen LogP contribution in [0.15, 0.2) is 42.7 Å². The van der Waals surface area contributed by atoms with Gasteiger partial charge in [0.05, 0.1) is 6.54 Å². The van der Waals surface area contributed by atoms with E-state index in [1.165, 1.54) is 6.07 Å². The van der Waals surface area contributed by atoms with Gasteiger partial charge in [0.2, 0.25) is 5.95 Å². The number of pyridine rings is 2. The molecule has 4 heterocycles. The van der Waals surface area contributed by atoms with Crippen molar-refractivity contribution in [1.82, 2.24) is 29.1 Å². The Morgan fingerprint density at radius 2 is 1.96 bits per heavy atom. The molecule has 0 saturated heterocycles. The summed E-state index contributed by atoms with van der Waals surface area (Å²) in [5.41, 5.74) is 3.24. The van der Waals surface area contributed by atoms with Gasteiger partial charge in [0.1, 0.15) is 17.0 Å². The Hall–Kier alpha value is -3.09. The molecule has 6 nitrogen and oxygen atoms in total. The first kappa shape index (κ1) is 16.4. The monoisotopic (exact) mass is 350 g/mol. The molecule has 0 spiro atoms. The fourth-order valence-electron chi connectivity index (χ4n) is 3.08. The first-order valence-electron chi connectivity index (χ1n) is 8.62. The van der Waals surface area contributed by atoms with E-state index in [4.69, 9.17) is 4.98 Å². The van der Waals surface area contributed by atoms with Gasteiger partial charge < -0.3 is 9.13 Å². The molecule has 26 heavy (non-hydrogen) atoms. The van der Waals surface area contributed by atoms with Gasteiger partial charge in [-0.3, -0.25) is 0 Å². The number of hydrogen-bond donors (Lipinski definition) is 0. The first-order valence-corrected chi connectivity index (χ1v) is 8.62. The summed E-state index contributed by atoms with van der Waals surface area (Å²) in [6.07, 6.45) is 4.53. The highest BCUT2D eigenvalue weighted by atomic mass is 19.1. The Balaban J connectivity index is 1.77. The Morgan fingerprint density at radius 1 is 1.08 bits per heavy atom. The van der Waals surface area contributed by atoms with Crippen LogP contribution in [0.4, 0.5) is 4.39 Å². The fraction of sp³-hybridized carbons (Fsp3) is 0.263. The molecule has 7 heteroatoms. The van der Waals surface area contributed by atoms with Crippen LogP contribution in [-0.4, -0.2) is 29.1 Å². The quantitative estimate of drug-likeness (QED) is 0.516. The van der Waals surface area contributed by atoms with Gasteiger partial charge in [0.15, 0.2) is 11.5 Å². The second-order valence-electron chi connectivity index (χ2n) is 6.20. The van der Waals surface area contributed by atoms with Gasteiger partial charge in [0, 0.05) is 24.6 Å². The van der Waals surface area contributed by atoms with Crippen LogP contribution >= 0.6 is 0 Å². The molecule has 0 aliphatic heterocycles. The SMILES string of the molecule is CCCn1c(Cn2ccnc2-c2cccc(F)n2)nc2ccc(C)nc21. The second-order valence-corrected chi connectivity index (χ2v) is 6.20. The fourth-order valence-corrected chi connectivity index (χ4v) is 3.08. The van der Waals surface area contributed by atoms with E-state index in [1.807, 2.05) is 29.8 Å². The zero-order valence-electron chi connectivity index (χ0n) is 14.7. The van der Waals surface area contributed by atoms with Crippen molar-refractivity contribution >= 4 is 11.2 Å². The largest absolute Gasteiger partial charge is 0.322 e. The lowest BCUT2D eigenvalue weighted by Crippen LogP contribution is -2.10.